The second-order valence-electron chi connectivity index (χ2n) is 7.11. The molecule has 0 unspecified atom stereocenters. The third-order valence-corrected chi connectivity index (χ3v) is 4.93. The van der Waals surface area contributed by atoms with Gasteiger partial charge in [-0.3, -0.25) is 0 Å². The summed E-state index contributed by atoms with van der Waals surface area (Å²) in [5.74, 6) is 0.167. The molecule has 2 aliphatic rings. The van der Waals surface area contributed by atoms with Crippen LogP contribution in [0.4, 0.5) is 0 Å². The van der Waals surface area contributed by atoms with Crippen LogP contribution in [-0.4, -0.2) is 7.11 Å². The zero-order valence-electron chi connectivity index (χ0n) is 16.1. The standard InChI is InChI=1S/C24H26O2/c1-15(2)18-11-10-16(3)23-20(12-17(4)22(23)14-18)13-19-8-6-7-9-21(19)24(25)26-5/h6-15,25H,1-5H3/p-1/b19-13+,24-21+. The molecule has 1 aromatic rings. The molecule has 0 radical (unpaired) electrons. The van der Waals surface area contributed by atoms with Gasteiger partial charge in [0, 0.05) is 5.22 Å². The van der Waals surface area contributed by atoms with Crippen LogP contribution in [0.2, 0.25) is 0 Å². The number of aryl methyl sites for hydroxylation is 2. The summed E-state index contributed by atoms with van der Waals surface area (Å²) >= 11 is 0. The summed E-state index contributed by atoms with van der Waals surface area (Å²) in [6.45, 7) is 8.73. The molecule has 0 fully saturated rings. The first-order valence-electron chi connectivity index (χ1n) is 8.98. The maximum Gasteiger partial charge on any atom is 0.0590 e. The number of hydrogen-bond donors (Lipinski definition) is 0. The number of ether oxygens (including phenoxy) is 1. The van der Waals surface area contributed by atoms with Gasteiger partial charge in [-0.1, -0.05) is 62.4 Å². The Bertz CT molecular complexity index is 1030. The second-order valence-corrected chi connectivity index (χ2v) is 7.11. The molecule has 0 aromatic heterocycles. The average Bonchev–Trinajstić information content (AvgIpc) is 2.81. The zero-order chi connectivity index (χ0) is 18.8. The summed E-state index contributed by atoms with van der Waals surface area (Å²) in [4.78, 5) is 0. The molecule has 0 bridgehead atoms. The monoisotopic (exact) mass is 345 g/mol. The van der Waals surface area contributed by atoms with Crippen LogP contribution in [0, 0.1) is 13.8 Å². The van der Waals surface area contributed by atoms with E-state index in [-0.39, 0.29) is 5.95 Å². The van der Waals surface area contributed by atoms with Gasteiger partial charge in [-0.05, 0) is 71.6 Å². The molecule has 0 N–H and O–H groups in total. The van der Waals surface area contributed by atoms with Gasteiger partial charge in [0.15, 0.2) is 0 Å². The highest BCUT2D eigenvalue weighted by Crippen LogP contribution is 2.36. The minimum Gasteiger partial charge on any atom is -0.616 e. The van der Waals surface area contributed by atoms with Crippen LogP contribution in [0.5, 0.6) is 0 Å². The van der Waals surface area contributed by atoms with Crippen molar-refractivity contribution in [1.29, 1.82) is 0 Å². The Morgan fingerprint density at radius 3 is 2.42 bits per heavy atom. The van der Waals surface area contributed by atoms with Crippen molar-refractivity contribution < 1.29 is 9.84 Å². The molecule has 0 saturated heterocycles. The van der Waals surface area contributed by atoms with E-state index in [1.165, 1.54) is 34.9 Å². The first-order chi connectivity index (χ1) is 12.4. The predicted octanol–water partition coefficient (Wildman–Crippen LogP) is 3.43. The van der Waals surface area contributed by atoms with Crippen molar-refractivity contribution in [3.05, 3.63) is 81.2 Å². The molecule has 0 atom stereocenters. The van der Waals surface area contributed by atoms with Crippen molar-refractivity contribution in [3.63, 3.8) is 0 Å². The van der Waals surface area contributed by atoms with Gasteiger partial charge in [0.1, 0.15) is 0 Å². The molecule has 3 rings (SSSR count). The van der Waals surface area contributed by atoms with Crippen molar-refractivity contribution in [1.82, 2.24) is 0 Å². The molecule has 1 aromatic carbocycles. The third kappa shape index (κ3) is 3.32. The predicted molar refractivity (Wildman–Crippen MR) is 106 cm³/mol. The van der Waals surface area contributed by atoms with Gasteiger partial charge in [0.05, 0.1) is 5.95 Å². The van der Waals surface area contributed by atoms with Crippen LogP contribution < -0.4 is 15.5 Å². The number of benzene rings is 1. The minimum atomic E-state index is -0.311. The summed E-state index contributed by atoms with van der Waals surface area (Å²) < 4.78 is 4.93. The van der Waals surface area contributed by atoms with E-state index in [9.17, 15) is 5.11 Å². The Morgan fingerprint density at radius 2 is 1.73 bits per heavy atom. The SMILES string of the molecule is CO/C([O-])=c1\cccc\c1=C/c1cc(C)c2cc(C(C)C)ccc(C)c1-2. The van der Waals surface area contributed by atoms with E-state index in [0.29, 0.717) is 11.1 Å². The maximum absolute atomic E-state index is 12.1. The van der Waals surface area contributed by atoms with Gasteiger partial charge >= 0.3 is 0 Å². The fourth-order valence-corrected chi connectivity index (χ4v) is 3.44. The number of hydrogen-bond acceptors (Lipinski definition) is 2. The largest absolute Gasteiger partial charge is 0.616 e. The fourth-order valence-electron chi connectivity index (χ4n) is 3.44. The Labute approximate surface area is 155 Å². The van der Waals surface area contributed by atoms with Crippen molar-refractivity contribution in [3.8, 4) is 11.1 Å². The molecule has 0 spiro atoms. The molecule has 0 aliphatic heterocycles. The van der Waals surface area contributed by atoms with Crippen LogP contribution >= 0.6 is 0 Å². The highest BCUT2D eigenvalue weighted by Gasteiger charge is 2.15. The van der Waals surface area contributed by atoms with Gasteiger partial charge in [0.2, 0.25) is 0 Å². The van der Waals surface area contributed by atoms with E-state index in [4.69, 9.17) is 4.74 Å². The highest BCUT2D eigenvalue weighted by molar-refractivity contribution is 5.84. The molecule has 0 heterocycles. The summed E-state index contributed by atoms with van der Waals surface area (Å²) in [6.07, 6.45) is 2.09. The summed E-state index contributed by atoms with van der Waals surface area (Å²) in [7, 11) is 1.42. The average molecular weight is 345 g/mol. The molecular weight excluding hydrogens is 320 g/mol. The van der Waals surface area contributed by atoms with Gasteiger partial charge < -0.3 is 9.84 Å². The van der Waals surface area contributed by atoms with E-state index < -0.39 is 0 Å². The first-order valence-corrected chi connectivity index (χ1v) is 8.98. The Hall–Kier alpha value is -2.74. The maximum atomic E-state index is 12.1. The lowest BCUT2D eigenvalue weighted by atomic mass is 10.00. The highest BCUT2D eigenvalue weighted by atomic mass is 16.6. The summed E-state index contributed by atoms with van der Waals surface area (Å²) in [6, 6.07) is 16.5. The Morgan fingerprint density at radius 1 is 1.00 bits per heavy atom. The first kappa shape index (κ1) is 18.1. The van der Waals surface area contributed by atoms with E-state index in [2.05, 4.69) is 58.0 Å². The molecule has 0 saturated carbocycles. The smallest absolute Gasteiger partial charge is 0.0590 e. The molecule has 2 nitrogen and oxygen atoms in total. The molecule has 2 heteroatoms. The lowest BCUT2D eigenvalue weighted by Crippen LogP contribution is -2.31. The molecule has 134 valence electrons. The van der Waals surface area contributed by atoms with Crippen molar-refractivity contribution in [2.24, 2.45) is 0 Å². The quantitative estimate of drug-likeness (QED) is 0.728. The lowest BCUT2D eigenvalue weighted by molar-refractivity contribution is -0.288. The topological polar surface area (TPSA) is 32.3 Å². The number of fused-ring (bicyclic) bond motifs is 1. The normalized spacial score (nSPS) is 13.4. The molecule has 26 heavy (non-hydrogen) atoms. The number of rotatable bonds is 3. The van der Waals surface area contributed by atoms with E-state index in [1.54, 1.807) is 6.07 Å². The Balaban J connectivity index is 2.32. The van der Waals surface area contributed by atoms with E-state index >= 15 is 0 Å². The summed E-state index contributed by atoms with van der Waals surface area (Å²) in [5, 5.41) is 13.5. The van der Waals surface area contributed by atoms with Crippen LogP contribution in [0.25, 0.3) is 23.1 Å². The van der Waals surface area contributed by atoms with Crippen LogP contribution in [0.3, 0.4) is 0 Å². The third-order valence-electron chi connectivity index (χ3n) is 4.93. The van der Waals surface area contributed by atoms with Gasteiger partial charge in [0.25, 0.3) is 0 Å². The molecular formula is C24H25O2-. The molecule has 2 aliphatic carbocycles. The van der Waals surface area contributed by atoms with Crippen LogP contribution in [0.1, 0.15) is 42.0 Å². The minimum absolute atomic E-state index is 0.311. The van der Waals surface area contributed by atoms with Crippen LogP contribution in [-0.2, 0) is 4.74 Å². The van der Waals surface area contributed by atoms with Crippen molar-refractivity contribution >= 4 is 12.0 Å². The van der Waals surface area contributed by atoms with Crippen molar-refractivity contribution in [2.45, 2.75) is 33.6 Å². The van der Waals surface area contributed by atoms with Gasteiger partial charge in [-0.2, -0.15) is 0 Å². The van der Waals surface area contributed by atoms with Crippen molar-refractivity contribution in [2.75, 3.05) is 7.11 Å². The lowest BCUT2D eigenvalue weighted by Gasteiger charge is -2.08. The van der Waals surface area contributed by atoms with Crippen LogP contribution in [0.15, 0.2) is 48.5 Å². The van der Waals surface area contributed by atoms with E-state index in [1.807, 2.05) is 18.2 Å². The fraction of sp³-hybridized carbons (Fsp3) is 0.250. The van der Waals surface area contributed by atoms with E-state index in [0.717, 1.165) is 10.8 Å². The Kier molecular flexibility index (Phi) is 5.03. The summed E-state index contributed by atoms with van der Waals surface area (Å²) in [5.41, 5.74) is 7.48. The molecule has 0 amide bonds. The second kappa shape index (κ2) is 7.25. The van der Waals surface area contributed by atoms with Gasteiger partial charge in [-0.15, -0.1) is 0 Å². The van der Waals surface area contributed by atoms with Gasteiger partial charge in [-0.25, -0.2) is 0 Å². The number of methoxy groups -OCH3 is 1. The zero-order valence-corrected chi connectivity index (χ0v) is 16.1.